The summed E-state index contributed by atoms with van der Waals surface area (Å²) < 4.78 is 5.17. The van der Waals surface area contributed by atoms with Crippen LogP contribution in [0.5, 0.6) is 11.5 Å². The summed E-state index contributed by atoms with van der Waals surface area (Å²) in [4.78, 5) is 14.3. The number of nitrogens with zero attached hydrogens (tertiary/aromatic N) is 1. The molecule has 0 saturated carbocycles. The van der Waals surface area contributed by atoms with E-state index in [4.69, 9.17) is 4.74 Å². The molecule has 1 aromatic carbocycles. The molecule has 0 aliphatic carbocycles. The minimum atomic E-state index is -0.0847. The van der Waals surface area contributed by atoms with E-state index in [1.54, 1.807) is 13.1 Å². The number of carbonyl (C=O) groups is 1. The molecule has 1 saturated heterocycles. The summed E-state index contributed by atoms with van der Waals surface area (Å²) in [5.74, 6) is 0.676. The number of likely N-dealkylation sites (N-methyl/N-ethyl adjacent to an activating group) is 1. The van der Waals surface area contributed by atoms with Gasteiger partial charge in [0, 0.05) is 13.1 Å². The minimum Gasteiger partial charge on any atom is -0.504 e. The number of phenolic OH excluding ortho intramolecular Hbond substituents is 1. The maximum absolute atomic E-state index is 12.1. The van der Waals surface area contributed by atoms with Crippen molar-refractivity contribution in [2.75, 3.05) is 20.7 Å². The highest BCUT2D eigenvalue weighted by Gasteiger charge is 2.31. The second-order valence-electron chi connectivity index (χ2n) is 5.47. The predicted octanol–water partition coefficient (Wildman–Crippen LogP) is 2.06. The molecular formula is C16H24N2O3. The first-order valence-corrected chi connectivity index (χ1v) is 7.42. The fourth-order valence-corrected chi connectivity index (χ4v) is 3.01. The average Bonchev–Trinajstić information content (AvgIpc) is 2.54. The van der Waals surface area contributed by atoms with E-state index in [0.717, 1.165) is 31.4 Å². The normalized spacial score (nSPS) is 20.8. The molecular weight excluding hydrogens is 268 g/mol. The molecule has 0 radical (unpaired) electrons. The van der Waals surface area contributed by atoms with Crippen molar-refractivity contribution in [3.63, 3.8) is 0 Å². The Hall–Kier alpha value is -1.75. The Bertz CT molecular complexity index is 504. The van der Waals surface area contributed by atoms with Crippen molar-refractivity contribution in [1.82, 2.24) is 10.2 Å². The Labute approximate surface area is 125 Å². The summed E-state index contributed by atoms with van der Waals surface area (Å²) in [5, 5.41) is 12.5. The van der Waals surface area contributed by atoms with Gasteiger partial charge in [0.15, 0.2) is 11.5 Å². The second-order valence-corrected chi connectivity index (χ2v) is 5.47. The van der Waals surface area contributed by atoms with Crippen LogP contribution in [-0.4, -0.2) is 42.7 Å². The van der Waals surface area contributed by atoms with Gasteiger partial charge in [-0.15, -0.1) is 0 Å². The van der Waals surface area contributed by atoms with E-state index < -0.39 is 0 Å². The Morgan fingerprint density at radius 3 is 2.90 bits per heavy atom. The smallest absolute Gasteiger partial charge is 0.237 e. The SMILES string of the molecule is CNC(=O)C1CCCCN1C(C)c1ccc(O)c(OC)c1. The van der Waals surface area contributed by atoms with Crippen LogP contribution in [0.2, 0.25) is 0 Å². The quantitative estimate of drug-likeness (QED) is 0.892. The summed E-state index contributed by atoms with van der Waals surface area (Å²) in [6.45, 7) is 3.00. The molecule has 2 N–H and O–H groups in total. The first-order chi connectivity index (χ1) is 10.1. The number of aromatic hydroxyl groups is 1. The van der Waals surface area contributed by atoms with Gasteiger partial charge in [-0.05, 0) is 44.0 Å². The molecule has 5 heteroatoms. The maximum Gasteiger partial charge on any atom is 0.237 e. The van der Waals surface area contributed by atoms with Gasteiger partial charge in [0.1, 0.15) is 0 Å². The van der Waals surface area contributed by atoms with Gasteiger partial charge in [0.2, 0.25) is 5.91 Å². The number of likely N-dealkylation sites (tertiary alicyclic amines) is 1. The standard InChI is InChI=1S/C16H24N2O3/c1-11(12-7-8-14(19)15(10-12)21-3)18-9-5-4-6-13(18)16(20)17-2/h7-8,10-11,13,19H,4-6,9H2,1-3H3,(H,17,20). The molecule has 1 amide bonds. The van der Waals surface area contributed by atoms with Crippen LogP contribution >= 0.6 is 0 Å². The lowest BCUT2D eigenvalue weighted by molar-refractivity contribution is -0.128. The highest BCUT2D eigenvalue weighted by Crippen LogP contribution is 2.33. The van der Waals surface area contributed by atoms with Crippen molar-refractivity contribution in [2.45, 2.75) is 38.3 Å². The Morgan fingerprint density at radius 2 is 2.24 bits per heavy atom. The zero-order chi connectivity index (χ0) is 15.4. The third-order valence-corrected chi connectivity index (χ3v) is 4.28. The number of piperidine rings is 1. The molecule has 1 aromatic rings. The number of carbonyl (C=O) groups excluding carboxylic acids is 1. The van der Waals surface area contributed by atoms with E-state index >= 15 is 0 Å². The Kier molecular flexibility index (Phi) is 5.07. The molecule has 1 heterocycles. The topological polar surface area (TPSA) is 61.8 Å². The third-order valence-electron chi connectivity index (χ3n) is 4.28. The van der Waals surface area contributed by atoms with Gasteiger partial charge in [-0.2, -0.15) is 0 Å². The first-order valence-electron chi connectivity index (χ1n) is 7.42. The average molecular weight is 292 g/mol. The van der Waals surface area contributed by atoms with Crippen molar-refractivity contribution < 1.29 is 14.6 Å². The predicted molar refractivity (Wildman–Crippen MR) is 81.5 cm³/mol. The zero-order valence-corrected chi connectivity index (χ0v) is 12.9. The minimum absolute atomic E-state index is 0.0762. The number of hydrogen-bond donors (Lipinski definition) is 2. The molecule has 21 heavy (non-hydrogen) atoms. The van der Waals surface area contributed by atoms with Gasteiger partial charge < -0.3 is 15.2 Å². The maximum atomic E-state index is 12.1. The second kappa shape index (κ2) is 6.80. The first kappa shape index (κ1) is 15.6. The number of hydrogen-bond acceptors (Lipinski definition) is 4. The summed E-state index contributed by atoms with van der Waals surface area (Å²) in [5.41, 5.74) is 1.04. The van der Waals surface area contributed by atoms with Crippen molar-refractivity contribution in [2.24, 2.45) is 0 Å². The molecule has 0 aromatic heterocycles. The van der Waals surface area contributed by atoms with Crippen LogP contribution in [-0.2, 0) is 4.79 Å². The molecule has 1 aliphatic heterocycles. The number of phenols is 1. The van der Waals surface area contributed by atoms with Crippen molar-refractivity contribution in [3.05, 3.63) is 23.8 Å². The number of methoxy groups -OCH3 is 1. The summed E-state index contributed by atoms with van der Waals surface area (Å²) >= 11 is 0. The molecule has 116 valence electrons. The van der Waals surface area contributed by atoms with Crippen LogP contribution in [0, 0.1) is 0 Å². The van der Waals surface area contributed by atoms with Gasteiger partial charge >= 0.3 is 0 Å². The van der Waals surface area contributed by atoms with Gasteiger partial charge in [0.05, 0.1) is 13.2 Å². The summed E-state index contributed by atoms with van der Waals surface area (Å²) in [7, 11) is 3.22. The van der Waals surface area contributed by atoms with Crippen LogP contribution in [0.4, 0.5) is 0 Å². The van der Waals surface area contributed by atoms with Crippen LogP contribution in [0.15, 0.2) is 18.2 Å². The number of ether oxygens (including phenoxy) is 1. The molecule has 2 atom stereocenters. The van der Waals surface area contributed by atoms with E-state index in [2.05, 4.69) is 17.1 Å². The molecule has 5 nitrogen and oxygen atoms in total. The van der Waals surface area contributed by atoms with Crippen LogP contribution in [0.3, 0.4) is 0 Å². The third kappa shape index (κ3) is 3.29. The molecule has 1 aliphatic rings. The van der Waals surface area contributed by atoms with E-state index in [1.807, 2.05) is 12.1 Å². The molecule has 0 spiro atoms. The molecule has 1 fully saturated rings. The van der Waals surface area contributed by atoms with Crippen LogP contribution < -0.4 is 10.1 Å². The van der Waals surface area contributed by atoms with E-state index in [-0.39, 0.29) is 23.7 Å². The Morgan fingerprint density at radius 1 is 1.48 bits per heavy atom. The largest absolute Gasteiger partial charge is 0.504 e. The van der Waals surface area contributed by atoms with Crippen molar-refractivity contribution in [1.29, 1.82) is 0 Å². The zero-order valence-electron chi connectivity index (χ0n) is 12.9. The number of rotatable bonds is 4. The van der Waals surface area contributed by atoms with Gasteiger partial charge in [-0.1, -0.05) is 12.5 Å². The van der Waals surface area contributed by atoms with Crippen molar-refractivity contribution >= 4 is 5.91 Å². The molecule has 0 bridgehead atoms. The highest BCUT2D eigenvalue weighted by atomic mass is 16.5. The summed E-state index contributed by atoms with van der Waals surface area (Å²) in [6.07, 6.45) is 3.08. The number of benzene rings is 1. The van der Waals surface area contributed by atoms with Gasteiger partial charge in [-0.3, -0.25) is 9.69 Å². The fraction of sp³-hybridized carbons (Fsp3) is 0.562. The monoisotopic (exact) mass is 292 g/mol. The lowest BCUT2D eigenvalue weighted by atomic mass is 9.96. The van der Waals surface area contributed by atoms with E-state index in [9.17, 15) is 9.90 Å². The van der Waals surface area contributed by atoms with E-state index in [1.165, 1.54) is 7.11 Å². The van der Waals surface area contributed by atoms with Crippen LogP contribution in [0.25, 0.3) is 0 Å². The van der Waals surface area contributed by atoms with Crippen molar-refractivity contribution in [3.8, 4) is 11.5 Å². The number of nitrogens with one attached hydrogen (secondary N) is 1. The molecule has 2 rings (SSSR count). The lowest BCUT2D eigenvalue weighted by Gasteiger charge is -2.39. The highest BCUT2D eigenvalue weighted by molar-refractivity contribution is 5.81. The Balaban J connectivity index is 2.24. The van der Waals surface area contributed by atoms with Gasteiger partial charge in [-0.25, -0.2) is 0 Å². The lowest BCUT2D eigenvalue weighted by Crippen LogP contribution is -2.49. The molecule has 2 unspecified atom stereocenters. The summed E-state index contributed by atoms with van der Waals surface area (Å²) in [6, 6.07) is 5.39. The van der Waals surface area contributed by atoms with Crippen LogP contribution in [0.1, 0.15) is 37.8 Å². The fourth-order valence-electron chi connectivity index (χ4n) is 3.01. The van der Waals surface area contributed by atoms with E-state index in [0.29, 0.717) is 5.75 Å². The number of amides is 1. The van der Waals surface area contributed by atoms with Gasteiger partial charge in [0.25, 0.3) is 0 Å².